The van der Waals surface area contributed by atoms with Gasteiger partial charge in [-0.05, 0) is 58.5 Å². The summed E-state index contributed by atoms with van der Waals surface area (Å²) in [7, 11) is 3.85. The van der Waals surface area contributed by atoms with Crippen LogP contribution in [-0.2, 0) is 4.79 Å². The van der Waals surface area contributed by atoms with E-state index in [2.05, 4.69) is 31.1 Å². The number of aliphatic carboxylic acids is 1. The van der Waals surface area contributed by atoms with Crippen molar-refractivity contribution in [3.05, 3.63) is 0 Å². The van der Waals surface area contributed by atoms with Gasteiger partial charge in [0.2, 0.25) is 0 Å². The summed E-state index contributed by atoms with van der Waals surface area (Å²) in [6.45, 7) is 7.26. The molecule has 1 aliphatic carbocycles. The number of carboxylic acid groups (broad SMARTS) is 1. The molecule has 1 atom stereocenters. The second-order valence-corrected chi connectivity index (χ2v) is 7.01. The molecule has 0 heterocycles. The summed E-state index contributed by atoms with van der Waals surface area (Å²) < 4.78 is 0. The van der Waals surface area contributed by atoms with Crippen LogP contribution in [0.5, 0.6) is 0 Å². The summed E-state index contributed by atoms with van der Waals surface area (Å²) in [4.78, 5) is 13.6. The van der Waals surface area contributed by atoms with Crippen molar-refractivity contribution < 1.29 is 9.90 Å². The Hall–Kier alpha value is -0.610. The number of nitrogens with zero attached hydrogens (tertiary/aromatic N) is 1. The molecule has 0 saturated heterocycles. The van der Waals surface area contributed by atoms with Crippen molar-refractivity contribution in [3.63, 3.8) is 0 Å². The molecule has 0 bridgehead atoms. The predicted octanol–water partition coefficient (Wildman–Crippen LogP) is 2.34. The van der Waals surface area contributed by atoms with Crippen LogP contribution in [0.25, 0.3) is 0 Å². The Balaban J connectivity index is 2.44. The van der Waals surface area contributed by atoms with Gasteiger partial charge in [-0.1, -0.05) is 13.8 Å². The van der Waals surface area contributed by atoms with Gasteiger partial charge in [-0.15, -0.1) is 0 Å². The fourth-order valence-electron chi connectivity index (χ4n) is 2.75. The lowest BCUT2D eigenvalue weighted by molar-refractivity contribution is -0.144. The van der Waals surface area contributed by atoms with E-state index >= 15 is 0 Å². The zero-order chi connectivity index (χ0) is 14.7. The second kappa shape index (κ2) is 6.23. The minimum atomic E-state index is -0.817. The van der Waals surface area contributed by atoms with E-state index in [1.165, 1.54) is 25.7 Å². The Morgan fingerprint density at radius 3 is 2.37 bits per heavy atom. The summed E-state index contributed by atoms with van der Waals surface area (Å²) in [6.07, 6.45) is 5.63. The highest BCUT2D eigenvalue weighted by Crippen LogP contribution is 2.36. The van der Waals surface area contributed by atoms with E-state index in [1.54, 1.807) is 14.0 Å². The SMILES string of the molecule is CNC(C)(CCN(C)C1CCC(C)(C)CC1)C(=O)O. The van der Waals surface area contributed by atoms with Gasteiger partial charge in [0.15, 0.2) is 0 Å². The van der Waals surface area contributed by atoms with Gasteiger partial charge in [0, 0.05) is 12.6 Å². The van der Waals surface area contributed by atoms with Crippen molar-refractivity contribution in [2.24, 2.45) is 5.41 Å². The molecule has 0 aliphatic heterocycles. The summed E-state index contributed by atoms with van der Waals surface area (Å²) in [5.74, 6) is -0.770. The van der Waals surface area contributed by atoms with E-state index in [-0.39, 0.29) is 0 Å². The zero-order valence-electron chi connectivity index (χ0n) is 13.1. The molecule has 2 N–H and O–H groups in total. The Morgan fingerprint density at radius 1 is 1.42 bits per heavy atom. The van der Waals surface area contributed by atoms with Crippen molar-refractivity contribution >= 4 is 5.97 Å². The maximum atomic E-state index is 11.2. The summed E-state index contributed by atoms with van der Waals surface area (Å²) in [5, 5.41) is 12.2. The molecule has 1 unspecified atom stereocenters. The predicted molar refractivity (Wildman–Crippen MR) is 78.4 cm³/mol. The lowest BCUT2D eigenvalue weighted by Crippen LogP contribution is -2.50. The first-order valence-corrected chi connectivity index (χ1v) is 7.33. The third-order valence-electron chi connectivity index (χ3n) is 4.92. The molecule has 0 aromatic rings. The van der Waals surface area contributed by atoms with Crippen molar-refractivity contribution in [2.75, 3.05) is 20.6 Å². The van der Waals surface area contributed by atoms with Crippen LogP contribution in [0.2, 0.25) is 0 Å². The minimum absolute atomic E-state index is 0.484. The number of hydrogen-bond donors (Lipinski definition) is 2. The monoisotopic (exact) mass is 270 g/mol. The molecule has 1 aliphatic rings. The van der Waals surface area contributed by atoms with Gasteiger partial charge in [0.05, 0.1) is 0 Å². The Bertz CT molecular complexity index is 307. The maximum Gasteiger partial charge on any atom is 0.323 e. The zero-order valence-corrected chi connectivity index (χ0v) is 13.1. The van der Waals surface area contributed by atoms with Gasteiger partial charge < -0.3 is 15.3 Å². The first kappa shape index (κ1) is 16.4. The van der Waals surface area contributed by atoms with E-state index < -0.39 is 11.5 Å². The van der Waals surface area contributed by atoms with Gasteiger partial charge in [0.1, 0.15) is 5.54 Å². The fraction of sp³-hybridized carbons (Fsp3) is 0.933. The Labute approximate surface area is 117 Å². The number of hydrogen-bond acceptors (Lipinski definition) is 3. The average Bonchev–Trinajstić information content (AvgIpc) is 2.35. The van der Waals surface area contributed by atoms with Crippen LogP contribution in [0.15, 0.2) is 0 Å². The molecule has 1 rings (SSSR count). The van der Waals surface area contributed by atoms with E-state index in [0.29, 0.717) is 17.9 Å². The molecule has 0 aromatic carbocycles. The van der Waals surface area contributed by atoms with Crippen LogP contribution in [0, 0.1) is 5.41 Å². The van der Waals surface area contributed by atoms with Crippen molar-refractivity contribution in [1.82, 2.24) is 10.2 Å². The molecule has 1 fully saturated rings. The van der Waals surface area contributed by atoms with Crippen molar-refractivity contribution in [3.8, 4) is 0 Å². The number of rotatable bonds is 6. The molecule has 0 radical (unpaired) electrons. The number of likely N-dealkylation sites (N-methyl/N-ethyl adjacent to an activating group) is 1. The second-order valence-electron chi connectivity index (χ2n) is 7.01. The molecule has 0 spiro atoms. The van der Waals surface area contributed by atoms with Crippen LogP contribution >= 0.6 is 0 Å². The van der Waals surface area contributed by atoms with E-state index in [0.717, 1.165) is 6.54 Å². The Kier molecular flexibility index (Phi) is 5.39. The number of carbonyl (C=O) groups is 1. The number of nitrogens with one attached hydrogen (secondary N) is 1. The quantitative estimate of drug-likeness (QED) is 0.778. The average molecular weight is 270 g/mol. The molecule has 4 nitrogen and oxygen atoms in total. The topological polar surface area (TPSA) is 52.6 Å². The van der Waals surface area contributed by atoms with Gasteiger partial charge in [-0.2, -0.15) is 0 Å². The highest BCUT2D eigenvalue weighted by molar-refractivity contribution is 5.78. The van der Waals surface area contributed by atoms with Gasteiger partial charge in [-0.3, -0.25) is 4.79 Å². The van der Waals surface area contributed by atoms with Crippen LogP contribution in [0.1, 0.15) is 52.9 Å². The molecular weight excluding hydrogens is 240 g/mol. The van der Waals surface area contributed by atoms with Crippen molar-refractivity contribution in [2.45, 2.75) is 64.5 Å². The highest BCUT2D eigenvalue weighted by Gasteiger charge is 2.33. The van der Waals surface area contributed by atoms with Crippen molar-refractivity contribution in [1.29, 1.82) is 0 Å². The standard InChI is InChI=1S/C15H30N2O2/c1-14(2)8-6-12(7-9-14)17(5)11-10-15(3,16-4)13(18)19/h12,16H,6-11H2,1-5H3,(H,18,19). The van der Waals surface area contributed by atoms with Crippen LogP contribution in [-0.4, -0.2) is 48.2 Å². The molecule has 0 aromatic heterocycles. The lowest BCUT2D eigenvalue weighted by atomic mass is 9.75. The molecule has 19 heavy (non-hydrogen) atoms. The molecular formula is C15H30N2O2. The largest absolute Gasteiger partial charge is 0.480 e. The summed E-state index contributed by atoms with van der Waals surface area (Å²) >= 11 is 0. The molecule has 1 saturated carbocycles. The van der Waals surface area contributed by atoms with Crippen LogP contribution in [0.4, 0.5) is 0 Å². The summed E-state index contributed by atoms with van der Waals surface area (Å²) in [6, 6.07) is 0.614. The first-order valence-electron chi connectivity index (χ1n) is 7.33. The van der Waals surface area contributed by atoms with Gasteiger partial charge in [0.25, 0.3) is 0 Å². The molecule has 0 amide bonds. The lowest BCUT2D eigenvalue weighted by Gasteiger charge is -2.39. The van der Waals surface area contributed by atoms with E-state index in [4.69, 9.17) is 0 Å². The van der Waals surface area contributed by atoms with Crippen LogP contribution in [0.3, 0.4) is 0 Å². The first-order chi connectivity index (χ1) is 8.70. The third kappa shape index (κ3) is 4.46. The molecule has 4 heteroatoms. The van der Waals surface area contributed by atoms with Crippen LogP contribution < -0.4 is 5.32 Å². The Morgan fingerprint density at radius 2 is 1.95 bits per heavy atom. The highest BCUT2D eigenvalue weighted by atomic mass is 16.4. The molecule has 112 valence electrons. The van der Waals surface area contributed by atoms with Gasteiger partial charge in [-0.25, -0.2) is 0 Å². The third-order valence-corrected chi connectivity index (χ3v) is 4.92. The smallest absolute Gasteiger partial charge is 0.323 e. The number of carboxylic acids is 1. The minimum Gasteiger partial charge on any atom is -0.480 e. The summed E-state index contributed by atoms with van der Waals surface area (Å²) in [5.41, 5.74) is -0.333. The fourth-order valence-corrected chi connectivity index (χ4v) is 2.75. The van der Waals surface area contributed by atoms with E-state index in [1.807, 2.05) is 0 Å². The maximum absolute atomic E-state index is 11.2. The normalized spacial score (nSPS) is 23.3. The van der Waals surface area contributed by atoms with E-state index in [9.17, 15) is 9.90 Å². The van der Waals surface area contributed by atoms with Gasteiger partial charge >= 0.3 is 5.97 Å².